The number of rotatable bonds is 2. The second kappa shape index (κ2) is 3.40. The van der Waals surface area contributed by atoms with Crippen molar-refractivity contribution in [1.29, 1.82) is 0 Å². The van der Waals surface area contributed by atoms with E-state index in [-0.39, 0.29) is 12.4 Å². The standard InChI is InChI=1S/C8H13N.ClH/c1-2-7(1)3-4-8-5-9-6-8;/h3-4,7-9H,1-2,5-6H2;1H/b4-3+;. The normalized spacial score (nSPS) is 26.0. The second-order valence-corrected chi connectivity index (χ2v) is 3.14. The van der Waals surface area contributed by atoms with E-state index in [4.69, 9.17) is 0 Å². The molecule has 0 aromatic carbocycles. The number of nitrogens with one attached hydrogen (secondary N) is 1. The minimum Gasteiger partial charge on any atom is -0.315 e. The molecule has 58 valence electrons. The summed E-state index contributed by atoms with van der Waals surface area (Å²) < 4.78 is 0. The summed E-state index contributed by atoms with van der Waals surface area (Å²) in [6.45, 7) is 2.42. The molecule has 2 fully saturated rings. The first-order valence-corrected chi connectivity index (χ1v) is 3.84. The first kappa shape index (κ1) is 8.09. The van der Waals surface area contributed by atoms with Crippen molar-refractivity contribution in [3.63, 3.8) is 0 Å². The molecule has 1 N–H and O–H groups in total. The van der Waals surface area contributed by atoms with E-state index < -0.39 is 0 Å². The van der Waals surface area contributed by atoms with Gasteiger partial charge in [-0.2, -0.15) is 0 Å². The van der Waals surface area contributed by atoms with Crippen LogP contribution in [0.4, 0.5) is 0 Å². The van der Waals surface area contributed by atoms with Crippen molar-refractivity contribution in [3.05, 3.63) is 12.2 Å². The van der Waals surface area contributed by atoms with Crippen molar-refractivity contribution in [2.24, 2.45) is 11.8 Å². The van der Waals surface area contributed by atoms with Crippen LogP contribution in [0.5, 0.6) is 0 Å². The van der Waals surface area contributed by atoms with Gasteiger partial charge in [-0.1, -0.05) is 12.2 Å². The van der Waals surface area contributed by atoms with Gasteiger partial charge in [0.25, 0.3) is 0 Å². The molecule has 0 spiro atoms. The Morgan fingerprint density at radius 3 is 2.00 bits per heavy atom. The van der Waals surface area contributed by atoms with Crippen LogP contribution in [0.25, 0.3) is 0 Å². The van der Waals surface area contributed by atoms with Crippen molar-refractivity contribution in [3.8, 4) is 0 Å². The number of halogens is 1. The molecule has 0 bridgehead atoms. The zero-order valence-electron chi connectivity index (χ0n) is 6.05. The van der Waals surface area contributed by atoms with Gasteiger partial charge < -0.3 is 5.32 Å². The van der Waals surface area contributed by atoms with E-state index in [2.05, 4.69) is 17.5 Å². The summed E-state index contributed by atoms with van der Waals surface area (Å²) in [5, 5.41) is 3.25. The van der Waals surface area contributed by atoms with Crippen LogP contribution < -0.4 is 5.32 Å². The van der Waals surface area contributed by atoms with Crippen molar-refractivity contribution in [2.75, 3.05) is 13.1 Å². The van der Waals surface area contributed by atoms with E-state index in [1.54, 1.807) is 0 Å². The van der Waals surface area contributed by atoms with E-state index in [1.807, 2.05) is 0 Å². The summed E-state index contributed by atoms with van der Waals surface area (Å²) in [5.41, 5.74) is 0. The fourth-order valence-corrected chi connectivity index (χ4v) is 1.05. The fraction of sp³-hybridized carbons (Fsp3) is 0.750. The Hall–Kier alpha value is -0.0100. The quantitative estimate of drug-likeness (QED) is 0.604. The number of hydrogen-bond acceptors (Lipinski definition) is 1. The van der Waals surface area contributed by atoms with E-state index in [0.29, 0.717) is 0 Å². The number of allylic oxidation sites excluding steroid dienone is 1. The van der Waals surface area contributed by atoms with E-state index in [9.17, 15) is 0 Å². The molecule has 0 amide bonds. The molecule has 2 rings (SSSR count). The van der Waals surface area contributed by atoms with Gasteiger partial charge in [-0.15, -0.1) is 12.4 Å². The lowest BCUT2D eigenvalue weighted by Gasteiger charge is -2.23. The molecule has 2 aliphatic rings. The third-order valence-corrected chi connectivity index (χ3v) is 2.09. The summed E-state index contributed by atoms with van der Waals surface area (Å²) in [6.07, 6.45) is 7.66. The van der Waals surface area contributed by atoms with Crippen LogP contribution in [-0.2, 0) is 0 Å². The Balaban J connectivity index is 0.000000500. The molecule has 0 unspecified atom stereocenters. The van der Waals surface area contributed by atoms with Crippen LogP contribution in [0.2, 0.25) is 0 Å². The van der Waals surface area contributed by atoms with E-state index in [0.717, 1.165) is 11.8 Å². The summed E-state index contributed by atoms with van der Waals surface area (Å²) >= 11 is 0. The largest absolute Gasteiger partial charge is 0.315 e. The van der Waals surface area contributed by atoms with Crippen LogP contribution in [0.15, 0.2) is 12.2 Å². The van der Waals surface area contributed by atoms with Crippen LogP contribution in [0, 0.1) is 11.8 Å². The Bertz CT molecular complexity index is 125. The molecule has 1 aliphatic carbocycles. The molecule has 1 saturated carbocycles. The third-order valence-electron chi connectivity index (χ3n) is 2.09. The summed E-state index contributed by atoms with van der Waals surface area (Å²) in [5.74, 6) is 1.83. The van der Waals surface area contributed by atoms with Crippen molar-refractivity contribution < 1.29 is 0 Å². The average molecular weight is 160 g/mol. The van der Waals surface area contributed by atoms with Crippen LogP contribution >= 0.6 is 12.4 Å². The Morgan fingerprint density at radius 2 is 1.60 bits per heavy atom. The highest BCUT2D eigenvalue weighted by molar-refractivity contribution is 5.85. The zero-order chi connectivity index (χ0) is 6.10. The first-order chi connectivity index (χ1) is 4.45. The lowest BCUT2D eigenvalue weighted by Crippen LogP contribution is -2.40. The molecule has 2 heteroatoms. The molecular weight excluding hydrogens is 146 g/mol. The highest BCUT2D eigenvalue weighted by Crippen LogP contribution is 2.30. The second-order valence-electron chi connectivity index (χ2n) is 3.14. The summed E-state index contributed by atoms with van der Waals surface area (Å²) in [4.78, 5) is 0. The predicted octanol–water partition coefficient (Wildman–Crippen LogP) is 1.59. The molecule has 0 aromatic rings. The third kappa shape index (κ3) is 1.99. The van der Waals surface area contributed by atoms with Gasteiger partial charge in [0, 0.05) is 19.0 Å². The van der Waals surface area contributed by atoms with Gasteiger partial charge in [0.05, 0.1) is 0 Å². The molecule has 0 aromatic heterocycles. The zero-order valence-corrected chi connectivity index (χ0v) is 6.86. The van der Waals surface area contributed by atoms with Crippen molar-refractivity contribution in [1.82, 2.24) is 5.32 Å². The molecule has 0 atom stereocenters. The SMILES string of the molecule is C(=C\C1CNC1)/C1CC1.Cl. The van der Waals surface area contributed by atoms with Gasteiger partial charge in [0.2, 0.25) is 0 Å². The topological polar surface area (TPSA) is 12.0 Å². The van der Waals surface area contributed by atoms with Gasteiger partial charge in [-0.05, 0) is 18.8 Å². The maximum atomic E-state index is 3.25. The van der Waals surface area contributed by atoms with Gasteiger partial charge in [0.15, 0.2) is 0 Å². The van der Waals surface area contributed by atoms with Crippen molar-refractivity contribution >= 4 is 12.4 Å². The molecule has 1 aliphatic heterocycles. The lowest BCUT2D eigenvalue weighted by atomic mass is 10.0. The fourth-order valence-electron chi connectivity index (χ4n) is 1.05. The van der Waals surface area contributed by atoms with Crippen LogP contribution in [0.1, 0.15) is 12.8 Å². The van der Waals surface area contributed by atoms with E-state index in [1.165, 1.54) is 25.9 Å². The molecule has 10 heavy (non-hydrogen) atoms. The van der Waals surface area contributed by atoms with E-state index >= 15 is 0 Å². The molecular formula is C8H14ClN. The van der Waals surface area contributed by atoms with Crippen LogP contribution in [0.3, 0.4) is 0 Å². The molecule has 1 saturated heterocycles. The maximum absolute atomic E-state index is 3.25. The van der Waals surface area contributed by atoms with Crippen LogP contribution in [-0.4, -0.2) is 13.1 Å². The smallest absolute Gasteiger partial charge is 0.00266 e. The number of hydrogen-bond donors (Lipinski definition) is 1. The van der Waals surface area contributed by atoms with Crippen molar-refractivity contribution in [2.45, 2.75) is 12.8 Å². The average Bonchev–Trinajstić information content (AvgIpc) is 2.44. The first-order valence-electron chi connectivity index (χ1n) is 3.84. The highest BCUT2D eigenvalue weighted by atomic mass is 35.5. The minimum atomic E-state index is 0. The Labute approximate surface area is 68.3 Å². The lowest BCUT2D eigenvalue weighted by molar-refractivity contribution is 0.418. The predicted molar refractivity (Wildman–Crippen MR) is 45.5 cm³/mol. The Kier molecular flexibility index (Phi) is 2.75. The van der Waals surface area contributed by atoms with Gasteiger partial charge in [0.1, 0.15) is 0 Å². The highest BCUT2D eigenvalue weighted by Gasteiger charge is 2.19. The van der Waals surface area contributed by atoms with Gasteiger partial charge >= 0.3 is 0 Å². The van der Waals surface area contributed by atoms with Gasteiger partial charge in [-0.25, -0.2) is 0 Å². The molecule has 1 nitrogen and oxygen atoms in total. The maximum Gasteiger partial charge on any atom is 0.00266 e. The monoisotopic (exact) mass is 159 g/mol. The molecule has 1 heterocycles. The van der Waals surface area contributed by atoms with Gasteiger partial charge in [-0.3, -0.25) is 0 Å². The Morgan fingerprint density at radius 1 is 1.00 bits per heavy atom. The summed E-state index contributed by atoms with van der Waals surface area (Å²) in [7, 11) is 0. The molecule has 0 radical (unpaired) electrons. The minimum absolute atomic E-state index is 0. The summed E-state index contributed by atoms with van der Waals surface area (Å²) in [6, 6.07) is 0.